The van der Waals surface area contributed by atoms with E-state index >= 15 is 0 Å². The largest absolute Gasteiger partial charge is 0.390 e. The van der Waals surface area contributed by atoms with Crippen molar-refractivity contribution in [2.24, 2.45) is 0 Å². The fourth-order valence-corrected chi connectivity index (χ4v) is 1.70. The molecule has 1 N–H and O–H groups in total. The molecule has 0 bridgehead atoms. The van der Waals surface area contributed by atoms with Crippen molar-refractivity contribution in [1.29, 1.82) is 0 Å². The molecule has 0 saturated heterocycles. The summed E-state index contributed by atoms with van der Waals surface area (Å²) < 4.78 is 19.8. The first-order valence-corrected chi connectivity index (χ1v) is 5.47. The highest BCUT2D eigenvalue weighted by molar-refractivity contribution is 5.37. The minimum Gasteiger partial charge on any atom is -0.390 e. The minimum atomic E-state index is -0.269. The van der Waals surface area contributed by atoms with Crippen LogP contribution in [0.2, 0.25) is 0 Å². The maximum Gasteiger partial charge on any atom is 0.126 e. The molecule has 5 nitrogen and oxygen atoms in total. The Labute approximate surface area is 104 Å². The molecule has 2 rings (SSSR count). The van der Waals surface area contributed by atoms with Gasteiger partial charge in [0.05, 0.1) is 24.6 Å². The van der Waals surface area contributed by atoms with E-state index in [2.05, 4.69) is 10.3 Å². The van der Waals surface area contributed by atoms with Crippen LogP contribution in [0.5, 0.6) is 0 Å². The SMILES string of the molecule is COCc1c(CO)nnn1-c1ccc(F)c(C)c1. The van der Waals surface area contributed by atoms with Crippen LogP contribution < -0.4 is 0 Å². The smallest absolute Gasteiger partial charge is 0.126 e. The van der Waals surface area contributed by atoms with Gasteiger partial charge >= 0.3 is 0 Å². The molecule has 0 saturated carbocycles. The molecule has 1 aromatic heterocycles. The second-order valence-electron chi connectivity index (χ2n) is 3.92. The van der Waals surface area contributed by atoms with Gasteiger partial charge in [0.15, 0.2) is 0 Å². The maximum absolute atomic E-state index is 13.2. The van der Waals surface area contributed by atoms with Crippen molar-refractivity contribution < 1.29 is 14.2 Å². The van der Waals surface area contributed by atoms with Crippen LogP contribution in [-0.4, -0.2) is 27.2 Å². The van der Waals surface area contributed by atoms with Gasteiger partial charge in [0.25, 0.3) is 0 Å². The first-order valence-electron chi connectivity index (χ1n) is 5.47. The summed E-state index contributed by atoms with van der Waals surface area (Å²) in [5.74, 6) is -0.269. The van der Waals surface area contributed by atoms with Gasteiger partial charge in [-0.25, -0.2) is 9.07 Å². The Hall–Kier alpha value is -1.79. The Bertz CT molecular complexity index is 554. The van der Waals surface area contributed by atoms with Crippen molar-refractivity contribution in [3.05, 3.63) is 41.0 Å². The van der Waals surface area contributed by atoms with E-state index in [0.29, 0.717) is 22.6 Å². The van der Waals surface area contributed by atoms with Gasteiger partial charge < -0.3 is 9.84 Å². The number of benzene rings is 1. The Balaban J connectivity index is 2.49. The summed E-state index contributed by atoms with van der Waals surface area (Å²) >= 11 is 0. The second kappa shape index (κ2) is 5.24. The van der Waals surface area contributed by atoms with Crippen LogP contribution in [0.15, 0.2) is 18.2 Å². The van der Waals surface area contributed by atoms with Gasteiger partial charge in [-0.3, -0.25) is 0 Å². The van der Waals surface area contributed by atoms with Gasteiger partial charge in [-0.15, -0.1) is 5.10 Å². The van der Waals surface area contributed by atoms with Crippen molar-refractivity contribution in [2.75, 3.05) is 7.11 Å². The minimum absolute atomic E-state index is 0.209. The molecule has 0 aliphatic rings. The van der Waals surface area contributed by atoms with Crippen LogP contribution >= 0.6 is 0 Å². The molecule has 0 fully saturated rings. The molecule has 6 heteroatoms. The summed E-state index contributed by atoms with van der Waals surface area (Å²) in [4.78, 5) is 0. The van der Waals surface area contributed by atoms with Gasteiger partial charge in [-0.2, -0.15) is 0 Å². The van der Waals surface area contributed by atoms with Crippen molar-refractivity contribution in [3.63, 3.8) is 0 Å². The number of aliphatic hydroxyl groups excluding tert-OH is 1. The van der Waals surface area contributed by atoms with E-state index in [9.17, 15) is 9.50 Å². The van der Waals surface area contributed by atoms with Crippen LogP contribution in [0.1, 0.15) is 17.0 Å². The first-order chi connectivity index (χ1) is 8.67. The summed E-state index contributed by atoms with van der Waals surface area (Å²) in [6.45, 7) is 1.75. The molecule has 0 aliphatic heterocycles. The molecular formula is C12H14FN3O2. The quantitative estimate of drug-likeness (QED) is 0.891. The average Bonchev–Trinajstić information content (AvgIpc) is 2.76. The fraction of sp³-hybridized carbons (Fsp3) is 0.333. The lowest BCUT2D eigenvalue weighted by Gasteiger charge is -2.07. The monoisotopic (exact) mass is 251 g/mol. The molecular weight excluding hydrogens is 237 g/mol. The molecule has 0 amide bonds. The molecule has 96 valence electrons. The number of halogens is 1. The second-order valence-corrected chi connectivity index (χ2v) is 3.92. The zero-order chi connectivity index (χ0) is 13.1. The molecule has 1 aromatic carbocycles. The van der Waals surface area contributed by atoms with Crippen molar-refractivity contribution in [1.82, 2.24) is 15.0 Å². The lowest BCUT2D eigenvalue weighted by Crippen LogP contribution is -2.05. The number of aliphatic hydroxyl groups is 1. The molecule has 2 aromatic rings. The van der Waals surface area contributed by atoms with Crippen LogP contribution in [0.4, 0.5) is 4.39 Å². The van der Waals surface area contributed by atoms with Crippen LogP contribution in [-0.2, 0) is 18.0 Å². The van der Waals surface area contributed by atoms with E-state index in [4.69, 9.17) is 4.74 Å². The number of ether oxygens (including phenoxy) is 1. The van der Waals surface area contributed by atoms with E-state index in [1.807, 2.05) is 0 Å². The Kier molecular flexibility index (Phi) is 3.69. The summed E-state index contributed by atoms with van der Waals surface area (Å²) in [6.07, 6.45) is 0. The lowest BCUT2D eigenvalue weighted by atomic mass is 10.2. The first kappa shape index (κ1) is 12.7. The Morgan fingerprint density at radius 3 is 2.83 bits per heavy atom. The summed E-state index contributed by atoms with van der Waals surface area (Å²) in [5, 5.41) is 17.0. The molecule has 18 heavy (non-hydrogen) atoms. The molecule has 0 spiro atoms. The van der Waals surface area contributed by atoms with Crippen molar-refractivity contribution in [3.8, 4) is 5.69 Å². The Morgan fingerprint density at radius 1 is 1.44 bits per heavy atom. The van der Waals surface area contributed by atoms with E-state index in [-0.39, 0.29) is 19.0 Å². The van der Waals surface area contributed by atoms with E-state index < -0.39 is 0 Å². The summed E-state index contributed by atoms with van der Waals surface area (Å²) in [6, 6.07) is 4.66. The number of methoxy groups -OCH3 is 1. The van der Waals surface area contributed by atoms with Crippen LogP contribution in [0.25, 0.3) is 5.69 Å². The van der Waals surface area contributed by atoms with E-state index in [1.165, 1.54) is 6.07 Å². The number of hydrogen-bond acceptors (Lipinski definition) is 4. The van der Waals surface area contributed by atoms with Crippen molar-refractivity contribution in [2.45, 2.75) is 20.1 Å². The predicted octanol–water partition coefficient (Wildman–Crippen LogP) is 1.35. The average molecular weight is 251 g/mol. The zero-order valence-corrected chi connectivity index (χ0v) is 10.2. The predicted molar refractivity (Wildman–Crippen MR) is 62.7 cm³/mol. The third-order valence-electron chi connectivity index (χ3n) is 2.66. The highest BCUT2D eigenvalue weighted by Crippen LogP contribution is 2.17. The number of nitrogens with zero attached hydrogens (tertiary/aromatic N) is 3. The molecule has 0 aliphatic carbocycles. The maximum atomic E-state index is 13.2. The summed E-state index contributed by atoms with van der Waals surface area (Å²) in [5.41, 5.74) is 2.33. The lowest BCUT2D eigenvalue weighted by molar-refractivity contribution is 0.175. The van der Waals surface area contributed by atoms with Crippen LogP contribution in [0, 0.1) is 12.7 Å². The molecule has 0 radical (unpaired) electrons. The molecule has 1 heterocycles. The number of aromatic nitrogens is 3. The van der Waals surface area contributed by atoms with Crippen molar-refractivity contribution >= 4 is 0 Å². The van der Waals surface area contributed by atoms with Gasteiger partial charge in [0.2, 0.25) is 0 Å². The van der Waals surface area contributed by atoms with Gasteiger partial charge in [0, 0.05) is 7.11 Å². The van der Waals surface area contributed by atoms with Crippen LogP contribution in [0.3, 0.4) is 0 Å². The van der Waals surface area contributed by atoms with Gasteiger partial charge in [-0.1, -0.05) is 5.21 Å². The van der Waals surface area contributed by atoms with E-state index in [1.54, 1.807) is 30.8 Å². The highest BCUT2D eigenvalue weighted by Gasteiger charge is 2.13. The fourth-order valence-electron chi connectivity index (χ4n) is 1.70. The number of hydrogen-bond donors (Lipinski definition) is 1. The van der Waals surface area contributed by atoms with Gasteiger partial charge in [0.1, 0.15) is 11.5 Å². The standard InChI is InChI=1S/C12H14FN3O2/c1-8-5-9(3-4-10(8)13)16-12(7-18-2)11(6-17)14-15-16/h3-5,17H,6-7H2,1-2H3. The van der Waals surface area contributed by atoms with E-state index in [0.717, 1.165) is 0 Å². The summed E-state index contributed by atoms with van der Waals surface area (Å²) in [7, 11) is 1.55. The number of aryl methyl sites for hydroxylation is 1. The number of rotatable bonds is 4. The van der Waals surface area contributed by atoms with Gasteiger partial charge in [-0.05, 0) is 30.7 Å². The zero-order valence-electron chi connectivity index (χ0n) is 10.2. The highest BCUT2D eigenvalue weighted by atomic mass is 19.1. The third kappa shape index (κ3) is 2.25. The Morgan fingerprint density at radius 2 is 2.22 bits per heavy atom. The third-order valence-corrected chi connectivity index (χ3v) is 2.66. The topological polar surface area (TPSA) is 60.2 Å². The normalized spacial score (nSPS) is 10.9. The molecule has 0 unspecified atom stereocenters. The molecule has 0 atom stereocenters.